The van der Waals surface area contributed by atoms with E-state index in [-0.39, 0.29) is 11.5 Å². The first-order valence-electron chi connectivity index (χ1n) is 5.50. The molecule has 0 saturated heterocycles. The Morgan fingerprint density at radius 3 is 2.94 bits per heavy atom. The summed E-state index contributed by atoms with van der Waals surface area (Å²) in [5.74, 6) is 0.276. The topological polar surface area (TPSA) is 81.0 Å². The van der Waals surface area contributed by atoms with Gasteiger partial charge in [0.2, 0.25) is 5.82 Å². The maximum absolute atomic E-state index is 11.2. The van der Waals surface area contributed by atoms with Crippen LogP contribution in [-0.2, 0) is 0 Å². The molecule has 0 aliphatic rings. The van der Waals surface area contributed by atoms with Gasteiger partial charge in [-0.15, -0.1) is 0 Å². The Balaban J connectivity index is 2.49. The van der Waals surface area contributed by atoms with Crippen molar-refractivity contribution in [3.8, 4) is 11.3 Å². The number of rotatable bonds is 5. The molecule has 2 heterocycles. The van der Waals surface area contributed by atoms with Gasteiger partial charge in [0, 0.05) is 17.5 Å². The second-order valence-electron chi connectivity index (χ2n) is 3.62. The van der Waals surface area contributed by atoms with Gasteiger partial charge in [0.25, 0.3) is 0 Å². The highest BCUT2D eigenvalue weighted by atomic mass is 32.1. The summed E-state index contributed by atoms with van der Waals surface area (Å²) in [6.45, 7) is 2.63. The van der Waals surface area contributed by atoms with Gasteiger partial charge >= 0.3 is 5.69 Å². The first-order valence-corrected chi connectivity index (χ1v) is 6.44. The third-order valence-corrected chi connectivity index (χ3v) is 3.03. The number of hydrogen-bond acceptors (Lipinski definition) is 6. The van der Waals surface area contributed by atoms with Crippen molar-refractivity contribution in [1.82, 2.24) is 9.97 Å². The van der Waals surface area contributed by atoms with E-state index in [9.17, 15) is 10.1 Å². The SMILES string of the molecule is CCCNc1ncnc(-c2ccsc2)c1[N+](=O)[O-]. The van der Waals surface area contributed by atoms with E-state index in [0.29, 0.717) is 12.2 Å². The first kappa shape index (κ1) is 12.4. The molecular formula is C11H12N4O2S. The fourth-order valence-electron chi connectivity index (χ4n) is 1.53. The van der Waals surface area contributed by atoms with Crippen LogP contribution in [0, 0.1) is 10.1 Å². The van der Waals surface area contributed by atoms with Crippen LogP contribution in [-0.4, -0.2) is 21.4 Å². The predicted molar refractivity (Wildman–Crippen MR) is 70.8 cm³/mol. The maximum atomic E-state index is 11.2. The van der Waals surface area contributed by atoms with E-state index in [4.69, 9.17) is 0 Å². The van der Waals surface area contributed by atoms with Crippen molar-refractivity contribution >= 4 is 22.8 Å². The van der Waals surface area contributed by atoms with Gasteiger partial charge < -0.3 is 5.32 Å². The van der Waals surface area contributed by atoms with Crippen molar-refractivity contribution in [3.63, 3.8) is 0 Å². The zero-order chi connectivity index (χ0) is 13.0. The van der Waals surface area contributed by atoms with E-state index in [1.54, 1.807) is 0 Å². The molecule has 0 aromatic carbocycles. The Morgan fingerprint density at radius 1 is 1.50 bits per heavy atom. The highest BCUT2D eigenvalue weighted by Gasteiger charge is 2.23. The van der Waals surface area contributed by atoms with E-state index in [1.807, 2.05) is 23.8 Å². The lowest BCUT2D eigenvalue weighted by molar-refractivity contribution is -0.383. The van der Waals surface area contributed by atoms with E-state index < -0.39 is 4.92 Å². The normalized spacial score (nSPS) is 10.3. The fourth-order valence-corrected chi connectivity index (χ4v) is 2.18. The average molecular weight is 264 g/mol. The van der Waals surface area contributed by atoms with Crippen molar-refractivity contribution in [2.45, 2.75) is 13.3 Å². The Morgan fingerprint density at radius 2 is 2.33 bits per heavy atom. The molecule has 1 N–H and O–H groups in total. The Bertz CT molecular complexity index is 542. The van der Waals surface area contributed by atoms with Gasteiger partial charge in [0.1, 0.15) is 6.33 Å². The zero-order valence-electron chi connectivity index (χ0n) is 9.79. The molecule has 0 amide bonds. The number of nitrogens with one attached hydrogen (secondary N) is 1. The number of aromatic nitrogens is 2. The molecule has 0 fully saturated rings. The van der Waals surface area contributed by atoms with Gasteiger partial charge in [-0.05, 0) is 17.9 Å². The Labute approximate surface area is 108 Å². The monoisotopic (exact) mass is 264 g/mol. The second kappa shape index (κ2) is 5.54. The van der Waals surface area contributed by atoms with E-state index in [2.05, 4.69) is 15.3 Å². The van der Waals surface area contributed by atoms with Gasteiger partial charge in [-0.3, -0.25) is 10.1 Å². The van der Waals surface area contributed by atoms with Crippen molar-refractivity contribution in [1.29, 1.82) is 0 Å². The molecule has 6 nitrogen and oxygen atoms in total. The lowest BCUT2D eigenvalue weighted by Crippen LogP contribution is -2.07. The summed E-state index contributed by atoms with van der Waals surface area (Å²) >= 11 is 1.48. The van der Waals surface area contributed by atoms with Gasteiger partial charge in [-0.1, -0.05) is 6.92 Å². The van der Waals surface area contributed by atoms with Crippen LogP contribution >= 0.6 is 11.3 Å². The molecule has 2 aromatic rings. The van der Waals surface area contributed by atoms with Crippen LogP contribution in [0.5, 0.6) is 0 Å². The molecule has 0 radical (unpaired) electrons. The second-order valence-corrected chi connectivity index (χ2v) is 4.40. The minimum absolute atomic E-state index is 0.0654. The summed E-state index contributed by atoms with van der Waals surface area (Å²) in [5.41, 5.74) is 1.04. The highest BCUT2D eigenvalue weighted by molar-refractivity contribution is 7.08. The third kappa shape index (κ3) is 2.45. The van der Waals surface area contributed by atoms with Crippen LogP contribution in [0.15, 0.2) is 23.2 Å². The number of hydrogen-bond donors (Lipinski definition) is 1. The van der Waals surface area contributed by atoms with E-state index in [0.717, 1.165) is 12.0 Å². The van der Waals surface area contributed by atoms with Gasteiger partial charge in [0.15, 0.2) is 5.69 Å². The lowest BCUT2D eigenvalue weighted by atomic mass is 10.2. The fraction of sp³-hybridized carbons (Fsp3) is 0.273. The van der Waals surface area contributed by atoms with Crippen LogP contribution in [0.4, 0.5) is 11.5 Å². The number of anilines is 1. The van der Waals surface area contributed by atoms with Crippen LogP contribution in [0.25, 0.3) is 11.3 Å². The zero-order valence-corrected chi connectivity index (χ0v) is 10.6. The van der Waals surface area contributed by atoms with Gasteiger partial charge in [0.05, 0.1) is 4.92 Å². The minimum atomic E-state index is -0.439. The summed E-state index contributed by atoms with van der Waals surface area (Å²) in [6.07, 6.45) is 2.22. The van der Waals surface area contributed by atoms with Crippen LogP contribution in [0.3, 0.4) is 0 Å². The Hall–Kier alpha value is -2.02. The average Bonchev–Trinajstić information content (AvgIpc) is 2.89. The van der Waals surface area contributed by atoms with Crippen LogP contribution in [0.2, 0.25) is 0 Å². The smallest absolute Gasteiger partial charge is 0.337 e. The first-order chi connectivity index (χ1) is 8.74. The summed E-state index contributed by atoms with van der Waals surface area (Å²) < 4.78 is 0. The Kier molecular flexibility index (Phi) is 3.83. The lowest BCUT2D eigenvalue weighted by Gasteiger charge is -2.06. The van der Waals surface area contributed by atoms with E-state index in [1.165, 1.54) is 17.7 Å². The summed E-state index contributed by atoms with van der Waals surface area (Å²) in [5, 5.41) is 17.8. The number of nitro groups is 1. The van der Waals surface area contributed by atoms with Crippen LogP contribution in [0.1, 0.15) is 13.3 Å². The molecule has 2 aromatic heterocycles. The van der Waals surface area contributed by atoms with Crippen molar-refractivity contribution in [3.05, 3.63) is 33.3 Å². The molecule has 0 aliphatic heterocycles. The number of thiophene rings is 1. The standard InChI is InChI=1S/C11H12N4O2S/c1-2-4-12-11-10(15(16)17)9(13-7-14-11)8-3-5-18-6-8/h3,5-7H,2,4H2,1H3,(H,12,13,14). The molecule has 0 aliphatic carbocycles. The van der Waals surface area contributed by atoms with E-state index >= 15 is 0 Å². The molecule has 18 heavy (non-hydrogen) atoms. The molecule has 0 spiro atoms. The molecule has 94 valence electrons. The van der Waals surface area contributed by atoms with Crippen LogP contribution < -0.4 is 5.32 Å². The predicted octanol–water partition coefficient (Wildman–Crippen LogP) is 2.94. The molecule has 0 bridgehead atoms. The molecule has 0 unspecified atom stereocenters. The maximum Gasteiger partial charge on any atom is 0.337 e. The molecule has 2 rings (SSSR count). The van der Waals surface area contributed by atoms with Gasteiger partial charge in [-0.2, -0.15) is 11.3 Å². The largest absolute Gasteiger partial charge is 0.364 e. The molecule has 7 heteroatoms. The molecule has 0 atom stereocenters. The minimum Gasteiger partial charge on any atom is -0.364 e. The molecular weight excluding hydrogens is 252 g/mol. The number of nitrogens with zero attached hydrogens (tertiary/aromatic N) is 3. The third-order valence-electron chi connectivity index (χ3n) is 2.34. The summed E-state index contributed by atoms with van der Waals surface area (Å²) in [4.78, 5) is 18.7. The van der Waals surface area contributed by atoms with Crippen molar-refractivity contribution < 1.29 is 4.92 Å². The quantitative estimate of drug-likeness (QED) is 0.663. The van der Waals surface area contributed by atoms with Crippen molar-refractivity contribution in [2.24, 2.45) is 0 Å². The highest BCUT2D eigenvalue weighted by Crippen LogP contribution is 2.33. The summed E-state index contributed by atoms with van der Waals surface area (Å²) in [7, 11) is 0. The summed E-state index contributed by atoms with van der Waals surface area (Å²) in [6, 6.07) is 1.81. The van der Waals surface area contributed by atoms with Crippen molar-refractivity contribution in [2.75, 3.05) is 11.9 Å². The molecule has 0 saturated carbocycles. The van der Waals surface area contributed by atoms with Gasteiger partial charge in [-0.25, -0.2) is 9.97 Å².